The lowest BCUT2D eigenvalue weighted by Crippen LogP contribution is -2.49. The summed E-state index contributed by atoms with van der Waals surface area (Å²) in [5.74, 6) is -1.17. The van der Waals surface area contributed by atoms with E-state index < -0.39 is 17.6 Å². The molecule has 1 amide bonds. The van der Waals surface area contributed by atoms with Crippen LogP contribution in [0.15, 0.2) is 29.7 Å². The molecule has 0 radical (unpaired) electrons. The fourth-order valence-corrected chi connectivity index (χ4v) is 3.65. The number of ketones is 1. The van der Waals surface area contributed by atoms with Crippen molar-refractivity contribution in [3.63, 3.8) is 0 Å². The number of benzene rings is 1. The lowest BCUT2D eigenvalue weighted by atomic mass is 9.84. The van der Waals surface area contributed by atoms with Crippen molar-refractivity contribution in [2.75, 3.05) is 18.7 Å². The van der Waals surface area contributed by atoms with Gasteiger partial charge in [-0.05, 0) is 30.5 Å². The summed E-state index contributed by atoms with van der Waals surface area (Å²) >= 11 is 0. The number of rotatable bonds is 2. The van der Waals surface area contributed by atoms with Gasteiger partial charge in [0.1, 0.15) is 18.3 Å². The smallest absolute Gasteiger partial charge is 0.309 e. The summed E-state index contributed by atoms with van der Waals surface area (Å²) in [7, 11) is 1.57. The zero-order valence-corrected chi connectivity index (χ0v) is 14.3. The van der Waals surface area contributed by atoms with E-state index in [9.17, 15) is 9.59 Å². The SMILES string of the molecule is Cc1ccc(C2C(=O)C(=O)N(C)n3ccnc32)c(C)c1C1=NOCC1. The highest BCUT2D eigenvalue weighted by atomic mass is 16.6. The molecule has 3 heterocycles. The lowest BCUT2D eigenvalue weighted by molar-refractivity contribution is -0.138. The van der Waals surface area contributed by atoms with Gasteiger partial charge < -0.3 is 4.84 Å². The number of amides is 1. The number of carbonyl (C=O) groups excluding carboxylic acids is 2. The van der Waals surface area contributed by atoms with Crippen molar-refractivity contribution < 1.29 is 14.4 Å². The van der Waals surface area contributed by atoms with Crippen LogP contribution < -0.4 is 5.01 Å². The quantitative estimate of drug-likeness (QED) is 0.776. The minimum absolute atomic E-state index is 0.469. The van der Waals surface area contributed by atoms with E-state index in [-0.39, 0.29) is 0 Å². The van der Waals surface area contributed by atoms with E-state index in [0.29, 0.717) is 12.4 Å². The maximum Gasteiger partial charge on any atom is 0.309 e. The van der Waals surface area contributed by atoms with Crippen molar-refractivity contribution in [2.45, 2.75) is 26.2 Å². The average molecular weight is 338 g/mol. The topological polar surface area (TPSA) is 76.8 Å². The molecule has 0 spiro atoms. The number of likely N-dealkylation sites (N-methyl/N-ethyl adjacent to an activating group) is 1. The second kappa shape index (κ2) is 5.54. The van der Waals surface area contributed by atoms with Crippen molar-refractivity contribution in [1.29, 1.82) is 0 Å². The minimum Gasteiger partial charge on any atom is -0.395 e. The van der Waals surface area contributed by atoms with Gasteiger partial charge in [-0.2, -0.15) is 0 Å². The second-order valence-corrected chi connectivity index (χ2v) is 6.35. The number of imidazole rings is 1. The van der Waals surface area contributed by atoms with Gasteiger partial charge >= 0.3 is 5.91 Å². The number of fused-ring (bicyclic) bond motifs is 1. The van der Waals surface area contributed by atoms with Gasteiger partial charge in [-0.15, -0.1) is 0 Å². The van der Waals surface area contributed by atoms with Crippen LogP contribution in [0, 0.1) is 13.8 Å². The fourth-order valence-electron chi connectivity index (χ4n) is 3.65. The van der Waals surface area contributed by atoms with E-state index in [2.05, 4.69) is 10.1 Å². The van der Waals surface area contributed by atoms with Crippen LogP contribution in [0.25, 0.3) is 0 Å². The summed E-state index contributed by atoms with van der Waals surface area (Å²) in [5.41, 5.74) is 4.67. The molecule has 0 aliphatic carbocycles. The molecule has 128 valence electrons. The van der Waals surface area contributed by atoms with Gasteiger partial charge in [0.25, 0.3) is 0 Å². The van der Waals surface area contributed by atoms with Crippen molar-refractivity contribution in [1.82, 2.24) is 9.66 Å². The number of carbonyl (C=O) groups is 2. The zero-order valence-electron chi connectivity index (χ0n) is 14.3. The molecule has 25 heavy (non-hydrogen) atoms. The molecule has 2 aliphatic rings. The van der Waals surface area contributed by atoms with E-state index in [0.717, 1.165) is 34.4 Å². The molecule has 2 aromatic rings. The summed E-state index contributed by atoms with van der Waals surface area (Å²) in [4.78, 5) is 34.6. The molecule has 1 aromatic heterocycles. The maximum atomic E-state index is 12.8. The first-order chi connectivity index (χ1) is 12.0. The van der Waals surface area contributed by atoms with Crippen molar-refractivity contribution >= 4 is 17.4 Å². The molecule has 7 heteroatoms. The van der Waals surface area contributed by atoms with Crippen LogP contribution in [-0.4, -0.2) is 40.7 Å². The van der Waals surface area contributed by atoms with Crippen LogP contribution in [0.4, 0.5) is 0 Å². The molecular formula is C18H18N4O3. The number of nitrogens with zero attached hydrogens (tertiary/aromatic N) is 4. The summed E-state index contributed by atoms with van der Waals surface area (Å²) in [5, 5.41) is 5.42. The van der Waals surface area contributed by atoms with Crippen LogP contribution >= 0.6 is 0 Å². The van der Waals surface area contributed by atoms with Gasteiger partial charge in [-0.3, -0.25) is 9.59 Å². The monoisotopic (exact) mass is 338 g/mol. The minimum atomic E-state index is -0.707. The molecular weight excluding hydrogens is 320 g/mol. The largest absolute Gasteiger partial charge is 0.395 e. The molecule has 0 saturated carbocycles. The molecule has 0 saturated heterocycles. The Morgan fingerprint density at radius 1 is 1.24 bits per heavy atom. The number of hydrogen-bond donors (Lipinski definition) is 0. The Morgan fingerprint density at radius 2 is 2.04 bits per heavy atom. The van der Waals surface area contributed by atoms with Crippen molar-refractivity contribution in [2.24, 2.45) is 5.16 Å². The third kappa shape index (κ3) is 2.19. The standard InChI is InChI=1S/C18H18N4O3/c1-10-4-5-12(11(2)14(10)13-6-9-25-20-13)15-16(23)18(24)21(3)22-8-7-19-17(15)22/h4-5,7-8,15H,6,9H2,1-3H3. The predicted octanol–water partition coefficient (Wildman–Crippen LogP) is 1.43. The highest BCUT2D eigenvalue weighted by Gasteiger charge is 2.40. The van der Waals surface area contributed by atoms with Gasteiger partial charge in [-0.1, -0.05) is 17.3 Å². The zero-order chi connectivity index (χ0) is 17.7. The Bertz CT molecular complexity index is 928. The van der Waals surface area contributed by atoms with Crippen LogP contribution in [0.3, 0.4) is 0 Å². The second-order valence-electron chi connectivity index (χ2n) is 6.35. The van der Waals surface area contributed by atoms with Crippen LogP contribution in [0.2, 0.25) is 0 Å². The average Bonchev–Trinajstić information content (AvgIpc) is 3.27. The lowest BCUT2D eigenvalue weighted by Gasteiger charge is -2.30. The van der Waals surface area contributed by atoms with Gasteiger partial charge in [0.2, 0.25) is 5.78 Å². The van der Waals surface area contributed by atoms with Gasteiger partial charge in [0.15, 0.2) is 0 Å². The Labute approximate surface area is 144 Å². The third-order valence-electron chi connectivity index (χ3n) is 4.92. The van der Waals surface area contributed by atoms with Crippen molar-refractivity contribution in [3.05, 3.63) is 52.6 Å². The highest BCUT2D eigenvalue weighted by Crippen LogP contribution is 2.33. The number of hydrogen-bond acceptors (Lipinski definition) is 5. The first-order valence-corrected chi connectivity index (χ1v) is 8.15. The molecule has 2 aliphatic heterocycles. The van der Waals surface area contributed by atoms with Crippen LogP contribution in [-0.2, 0) is 14.4 Å². The van der Waals surface area contributed by atoms with Gasteiger partial charge in [-0.25, -0.2) is 14.7 Å². The first kappa shape index (κ1) is 15.6. The Morgan fingerprint density at radius 3 is 2.76 bits per heavy atom. The van der Waals surface area contributed by atoms with E-state index in [1.807, 2.05) is 26.0 Å². The summed E-state index contributed by atoms with van der Waals surface area (Å²) in [6.07, 6.45) is 4.02. The summed E-state index contributed by atoms with van der Waals surface area (Å²) < 4.78 is 1.63. The molecule has 7 nitrogen and oxygen atoms in total. The molecule has 1 unspecified atom stereocenters. The Kier molecular flexibility index (Phi) is 3.45. The van der Waals surface area contributed by atoms with E-state index in [1.165, 1.54) is 5.01 Å². The Balaban J connectivity index is 1.91. The molecule has 0 N–H and O–H groups in total. The van der Waals surface area contributed by atoms with Crippen molar-refractivity contribution in [3.8, 4) is 0 Å². The number of aryl methyl sites for hydroxylation is 1. The molecule has 1 atom stereocenters. The predicted molar refractivity (Wildman–Crippen MR) is 91.2 cm³/mol. The van der Waals surface area contributed by atoms with E-state index in [1.54, 1.807) is 24.1 Å². The van der Waals surface area contributed by atoms with Gasteiger partial charge in [0.05, 0.1) is 5.71 Å². The van der Waals surface area contributed by atoms with Crippen LogP contribution in [0.1, 0.15) is 40.4 Å². The Hall–Kier alpha value is -2.96. The summed E-state index contributed by atoms with van der Waals surface area (Å²) in [6.45, 7) is 4.53. The summed E-state index contributed by atoms with van der Waals surface area (Å²) in [6, 6.07) is 3.87. The maximum absolute atomic E-state index is 12.8. The van der Waals surface area contributed by atoms with E-state index >= 15 is 0 Å². The molecule has 0 fully saturated rings. The first-order valence-electron chi connectivity index (χ1n) is 8.15. The normalized spacial score (nSPS) is 19.7. The number of Topliss-reactive ketones (excluding diaryl/α,β-unsaturated/α-hetero) is 1. The van der Waals surface area contributed by atoms with E-state index in [4.69, 9.17) is 4.84 Å². The highest BCUT2D eigenvalue weighted by molar-refractivity contribution is 6.43. The molecule has 4 rings (SSSR count). The third-order valence-corrected chi connectivity index (χ3v) is 4.92. The fraction of sp³-hybridized carbons (Fsp3) is 0.333. The van der Waals surface area contributed by atoms with Gasteiger partial charge in [0, 0.05) is 31.4 Å². The number of aromatic nitrogens is 2. The van der Waals surface area contributed by atoms with Crippen LogP contribution in [0.5, 0.6) is 0 Å². The number of oxime groups is 1. The molecule has 0 bridgehead atoms. The molecule has 1 aromatic carbocycles.